The summed E-state index contributed by atoms with van der Waals surface area (Å²) in [6.07, 6.45) is 0.239. The molecule has 0 aromatic heterocycles. The van der Waals surface area contributed by atoms with Crippen molar-refractivity contribution in [3.05, 3.63) is 34.3 Å². The molecule has 1 saturated heterocycles. The Kier molecular flexibility index (Phi) is 5.54. The van der Waals surface area contributed by atoms with Gasteiger partial charge in [-0.25, -0.2) is 0 Å². The van der Waals surface area contributed by atoms with Crippen LogP contribution in [0.3, 0.4) is 0 Å². The standard InChI is InChI=1S/C15H18BrN3O3/c1-17-14(21)11-8-19(9-11)13(20)6-7-18-15(22)10-2-4-12(16)5-3-10/h2-5,11H,6-9H2,1H3,(H,17,21)(H,18,22). The highest BCUT2D eigenvalue weighted by Gasteiger charge is 2.34. The topological polar surface area (TPSA) is 78.5 Å². The molecular weight excluding hydrogens is 350 g/mol. The van der Waals surface area contributed by atoms with Crippen molar-refractivity contribution in [2.24, 2.45) is 5.92 Å². The molecule has 0 spiro atoms. The van der Waals surface area contributed by atoms with E-state index in [1.165, 1.54) is 0 Å². The van der Waals surface area contributed by atoms with Gasteiger partial charge in [-0.1, -0.05) is 15.9 Å². The molecular formula is C15H18BrN3O3. The molecule has 0 atom stereocenters. The Bertz CT molecular complexity index is 568. The number of nitrogens with one attached hydrogen (secondary N) is 2. The fourth-order valence-corrected chi connectivity index (χ4v) is 2.46. The molecule has 1 aliphatic heterocycles. The Hall–Kier alpha value is -1.89. The van der Waals surface area contributed by atoms with E-state index in [0.29, 0.717) is 18.7 Å². The fourth-order valence-electron chi connectivity index (χ4n) is 2.20. The van der Waals surface area contributed by atoms with Gasteiger partial charge in [0.25, 0.3) is 5.91 Å². The van der Waals surface area contributed by atoms with Crippen LogP contribution in [0.15, 0.2) is 28.7 Å². The summed E-state index contributed by atoms with van der Waals surface area (Å²) >= 11 is 3.31. The van der Waals surface area contributed by atoms with Gasteiger partial charge in [0.05, 0.1) is 5.92 Å². The van der Waals surface area contributed by atoms with Crippen molar-refractivity contribution >= 4 is 33.7 Å². The van der Waals surface area contributed by atoms with Crippen molar-refractivity contribution in [3.8, 4) is 0 Å². The summed E-state index contributed by atoms with van der Waals surface area (Å²) in [6.45, 7) is 1.20. The highest BCUT2D eigenvalue weighted by Crippen LogP contribution is 2.16. The predicted octanol–water partition coefficient (Wildman–Crippen LogP) is 0.773. The molecule has 6 nitrogen and oxygen atoms in total. The Morgan fingerprint density at radius 1 is 1.23 bits per heavy atom. The molecule has 7 heteroatoms. The number of hydrogen-bond donors (Lipinski definition) is 2. The third-order valence-corrected chi connectivity index (χ3v) is 4.11. The Balaban J connectivity index is 1.68. The zero-order valence-electron chi connectivity index (χ0n) is 12.3. The van der Waals surface area contributed by atoms with Gasteiger partial charge in [0.2, 0.25) is 11.8 Å². The summed E-state index contributed by atoms with van der Waals surface area (Å²) in [4.78, 5) is 36.7. The minimum atomic E-state index is -0.202. The second-order valence-electron chi connectivity index (χ2n) is 5.12. The second kappa shape index (κ2) is 7.40. The van der Waals surface area contributed by atoms with Crippen molar-refractivity contribution in [1.29, 1.82) is 0 Å². The SMILES string of the molecule is CNC(=O)C1CN(C(=O)CCNC(=O)c2ccc(Br)cc2)C1. The highest BCUT2D eigenvalue weighted by molar-refractivity contribution is 9.10. The molecule has 1 aromatic rings. The number of carbonyl (C=O) groups is 3. The van der Waals surface area contributed by atoms with Gasteiger partial charge in [0.1, 0.15) is 0 Å². The molecule has 1 aromatic carbocycles. The van der Waals surface area contributed by atoms with E-state index in [1.54, 1.807) is 36.2 Å². The highest BCUT2D eigenvalue weighted by atomic mass is 79.9. The molecule has 0 radical (unpaired) electrons. The smallest absolute Gasteiger partial charge is 0.251 e. The first-order valence-electron chi connectivity index (χ1n) is 7.04. The van der Waals surface area contributed by atoms with Crippen LogP contribution in [0.25, 0.3) is 0 Å². The molecule has 0 bridgehead atoms. The van der Waals surface area contributed by atoms with E-state index in [9.17, 15) is 14.4 Å². The lowest BCUT2D eigenvalue weighted by Crippen LogP contribution is -2.55. The maximum absolute atomic E-state index is 11.9. The molecule has 3 amide bonds. The first kappa shape index (κ1) is 16.5. The molecule has 0 aliphatic carbocycles. The number of likely N-dealkylation sites (tertiary alicyclic amines) is 1. The first-order valence-corrected chi connectivity index (χ1v) is 7.83. The van der Waals surface area contributed by atoms with Gasteiger partial charge in [-0.3, -0.25) is 14.4 Å². The lowest BCUT2D eigenvalue weighted by atomic mass is 9.99. The van der Waals surface area contributed by atoms with Crippen LogP contribution in [0, 0.1) is 5.92 Å². The Labute approximate surface area is 137 Å². The zero-order valence-corrected chi connectivity index (χ0v) is 13.9. The number of nitrogens with zero attached hydrogens (tertiary/aromatic N) is 1. The Morgan fingerprint density at radius 3 is 2.45 bits per heavy atom. The van der Waals surface area contributed by atoms with E-state index in [-0.39, 0.29) is 36.6 Å². The van der Waals surface area contributed by atoms with Gasteiger partial charge in [0.15, 0.2) is 0 Å². The molecule has 0 saturated carbocycles. The van der Waals surface area contributed by atoms with Crippen molar-refractivity contribution in [1.82, 2.24) is 15.5 Å². The molecule has 1 heterocycles. The molecule has 0 unspecified atom stereocenters. The van der Waals surface area contributed by atoms with Gasteiger partial charge in [-0.2, -0.15) is 0 Å². The first-order chi connectivity index (χ1) is 10.5. The summed E-state index contributed by atoms with van der Waals surface area (Å²) in [5.41, 5.74) is 0.555. The van der Waals surface area contributed by atoms with E-state index in [4.69, 9.17) is 0 Å². The van der Waals surface area contributed by atoms with Crippen LogP contribution in [0.1, 0.15) is 16.8 Å². The van der Waals surface area contributed by atoms with Crippen LogP contribution in [0.2, 0.25) is 0 Å². The molecule has 2 rings (SSSR count). The number of carbonyl (C=O) groups excluding carboxylic acids is 3. The molecule has 2 N–H and O–H groups in total. The molecule has 1 fully saturated rings. The second-order valence-corrected chi connectivity index (χ2v) is 6.04. The lowest BCUT2D eigenvalue weighted by molar-refractivity contribution is -0.142. The van der Waals surface area contributed by atoms with E-state index in [0.717, 1.165) is 4.47 Å². The minimum absolute atomic E-state index is 0.0346. The number of amides is 3. The van der Waals surface area contributed by atoms with Gasteiger partial charge in [-0.05, 0) is 24.3 Å². The summed E-state index contributed by atoms with van der Waals surface area (Å²) in [7, 11) is 1.59. The van der Waals surface area contributed by atoms with Gasteiger partial charge in [0, 0.05) is 43.1 Å². The lowest BCUT2D eigenvalue weighted by Gasteiger charge is -2.38. The number of benzene rings is 1. The third kappa shape index (κ3) is 4.07. The average molecular weight is 368 g/mol. The van der Waals surface area contributed by atoms with Crippen molar-refractivity contribution in [2.75, 3.05) is 26.7 Å². The van der Waals surface area contributed by atoms with Crippen molar-refractivity contribution in [2.45, 2.75) is 6.42 Å². The molecule has 22 heavy (non-hydrogen) atoms. The van der Waals surface area contributed by atoms with Crippen LogP contribution < -0.4 is 10.6 Å². The van der Waals surface area contributed by atoms with E-state index < -0.39 is 0 Å². The van der Waals surface area contributed by atoms with Crippen molar-refractivity contribution < 1.29 is 14.4 Å². The van der Waals surface area contributed by atoms with Crippen LogP contribution in [0.5, 0.6) is 0 Å². The number of halogens is 1. The van der Waals surface area contributed by atoms with E-state index in [2.05, 4.69) is 26.6 Å². The summed E-state index contributed by atoms with van der Waals surface area (Å²) < 4.78 is 0.905. The van der Waals surface area contributed by atoms with Crippen LogP contribution in [0.4, 0.5) is 0 Å². The zero-order chi connectivity index (χ0) is 16.1. The van der Waals surface area contributed by atoms with Gasteiger partial charge < -0.3 is 15.5 Å². The van der Waals surface area contributed by atoms with Gasteiger partial charge >= 0.3 is 0 Å². The normalized spacial score (nSPS) is 14.2. The maximum Gasteiger partial charge on any atom is 0.251 e. The molecule has 1 aliphatic rings. The number of hydrogen-bond acceptors (Lipinski definition) is 3. The monoisotopic (exact) mass is 367 g/mol. The largest absolute Gasteiger partial charge is 0.359 e. The summed E-state index contributed by atoms with van der Waals surface area (Å²) in [5, 5.41) is 5.29. The van der Waals surface area contributed by atoms with Crippen LogP contribution in [-0.2, 0) is 9.59 Å². The van der Waals surface area contributed by atoms with Crippen molar-refractivity contribution in [3.63, 3.8) is 0 Å². The maximum atomic E-state index is 11.9. The number of rotatable bonds is 5. The Morgan fingerprint density at radius 2 is 1.86 bits per heavy atom. The fraction of sp³-hybridized carbons (Fsp3) is 0.400. The third-order valence-electron chi connectivity index (χ3n) is 3.58. The predicted molar refractivity (Wildman–Crippen MR) is 85.2 cm³/mol. The van der Waals surface area contributed by atoms with E-state index in [1.807, 2.05) is 0 Å². The quantitative estimate of drug-likeness (QED) is 0.806. The molecule has 118 valence electrons. The average Bonchev–Trinajstić information content (AvgIpc) is 2.46. The summed E-state index contributed by atoms with van der Waals surface area (Å²) in [6, 6.07) is 7.01. The van der Waals surface area contributed by atoms with E-state index >= 15 is 0 Å². The minimum Gasteiger partial charge on any atom is -0.359 e. The van der Waals surface area contributed by atoms with Crippen LogP contribution in [-0.4, -0.2) is 49.3 Å². The van der Waals surface area contributed by atoms with Gasteiger partial charge in [-0.15, -0.1) is 0 Å². The van der Waals surface area contributed by atoms with Crippen LogP contribution >= 0.6 is 15.9 Å². The summed E-state index contributed by atoms with van der Waals surface area (Å²) in [5.74, 6) is -0.387.